The summed E-state index contributed by atoms with van der Waals surface area (Å²) in [6.07, 6.45) is 2.20. The van der Waals surface area contributed by atoms with Gasteiger partial charge in [-0.3, -0.25) is 0 Å². The van der Waals surface area contributed by atoms with Crippen molar-refractivity contribution in [1.29, 1.82) is 0 Å². The minimum absolute atomic E-state index is 0.321. The van der Waals surface area contributed by atoms with Crippen LogP contribution >= 0.6 is 0 Å². The van der Waals surface area contributed by atoms with E-state index in [2.05, 4.69) is 20.6 Å². The molecule has 0 amide bonds. The Labute approximate surface area is 124 Å². The Morgan fingerprint density at radius 3 is 2.67 bits per heavy atom. The van der Waals surface area contributed by atoms with Crippen molar-refractivity contribution in [2.45, 2.75) is 18.9 Å². The van der Waals surface area contributed by atoms with Crippen LogP contribution in [0.25, 0.3) is 11.4 Å². The number of nitrogens with one attached hydrogen (secondary N) is 2. The number of aromatic nitrogens is 2. The maximum atomic E-state index is 5.50. The summed E-state index contributed by atoms with van der Waals surface area (Å²) in [5, 5.41) is 6.54. The van der Waals surface area contributed by atoms with E-state index >= 15 is 0 Å². The van der Waals surface area contributed by atoms with Crippen LogP contribution in [0, 0.1) is 0 Å². The Bertz CT molecular complexity index is 582. The fraction of sp³-hybridized carbons (Fsp3) is 0.375. The van der Waals surface area contributed by atoms with E-state index in [1.165, 1.54) is 0 Å². The first-order valence-corrected chi connectivity index (χ1v) is 7.31. The Kier molecular flexibility index (Phi) is 4.31. The number of hydrogen-bond acceptors (Lipinski definition) is 5. The third-order valence-electron chi connectivity index (χ3n) is 3.53. The molecule has 2 heterocycles. The highest BCUT2D eigenvalue weighted by Gasteiger charge is 2.15. The Morgan fingerprint density at radius 1 is 1.14 bits per heavy atom. The predicted octanol–water partition coefficient (Wildman–Crippen LogP) is 2.78. The van der Waals surface area contributed by atoms with Gasteiger partial charge in [0.25, 0.3) is 0 Å². The zero-order valence-corrected chi connectivity index (χ0v) is 12.2. The van der Waals surface area contributed by atoms with E-state index in [0.717, 1.165) is 49.1 Å². The minimum atomic E-state index is 0.321. The summed E-state index contributed by atoms with van der Waals surface area (Å²) in [7, 11) is 1.87. The van der Waals surface area contributed by atoms with Crippen LogP contribution < -0.4 is 10.6 Å². The summed E-state index contributed by atoms with van der Waals surface area (Å²) < 4.78 is 5.50. The second-order valence-corrected chi connectivity index (χ2v) is 5.14. The molecular weight excluding hydrogens is 264 g/mol. The quantitative estimate of drug-likeness (QED) is 0.904. The van der Waals surface area contributed by atoms with Crippen LogP contribution in [0.15, 0.2) is 36.4 Å². The molecule has 0 spiro atoms. The maximum absolute atomic E-state index is 5.50. The predicted molar refractivity (Wildman–Crippen MR) is 84.5 cm³/mol. The SMILES string of the molecule is CNc1cc(NC2CCCOC2)nc(-c2ccccc2)n1. The monoisotopic (exact) mass is 284 g/mol. The first kappa shape index (κ1) is 13.8. The molecule has 110 valence electrons. The highest BCUT2D eigenvalue weighted by atomic mass is 16.5. The van der Waals surface area contributed by atoms with Crippen LogP contribution in [0.2, 0.25) is 0 Å². The molecule has 1 fully saturated rings. The lowest BCUT2D eigenvalue weighted by atomic mass is 10.1. The van der Waals surface area contributed by atoms with Crippen LogP contribution in [-0.2, 0) is 4.74 Å². The number of benzene rings is 1. The molecule has 0 radical (unpaired) electrons. The van der Waals surface area contributed by atoms with E-state index in [1.54, 1.807) is 0 Å². The fourth-order valence-electron chi connectivity index (χ4n) is 2.43. The summed E-state index contributed by atoms with van der Waals surface area (Å²) in [6.45, 7) is 1.60. The summed E-state index contributed by atoms with van der Waals surface area (Å²) in [4.78, 5) is 9.15. The highest BCUT2D eigenvalue weighted by Crippen LogP contribution is 2.21. The van der Waals surface area contributed by atoms with E-state index < -0.39 is 0 Å². The van der Waals surface area contributed by atoms with Gasteiger partial charge in [-0.25, -0.2) is 9.97 Å². The number of ether oxygens (including phenoxy) is 1. The lowest BCUT2D eigenvalue weighted by Gasteiger charge is -2.24. The van der Waals surface area contributed by atoms with E-state index in [0.29, 0.717) is 6.04 Å². The van der Waals surface area contributed by atoms with Crippen LogP contribution in [0.3, 0.4) is 0 Å². The lowest BCUT2D eigenvalue weighted by molar-refractivity contribution is 0.0875. The van der Waals surface area contributed by atoms with Gasteiger partial charge in [-0.15, -0.1) is 0 Å². The Hall–Kier alpha value is -2.14. The van der Waals surface area contributed by atoms with Crippen molar-refractivity contribution in [3.8, 4) is 11.4 Å². The van der Waals surface area contributed by atoms with E-state index in [-0.39, 0.29) is 0 Å². The van der Waals surface area contributed by atoms with E-state index in [1.807, 2.05) is 43.4 Å². The lowest BCUT2D eigenvalue weighted by Crippen LogP contribution is -2.30. The number of rotatable bonds is 4. The van der Waals surface area contributed by atoms with Gasteiger partial charge in [-0.05, 0) is 12.8 Å². The second-order valence-electron chi connectivity index (χ2n) is 5.14. The van der Waals surface area contributed by atoms with Gasteiger partial charge in [0.2, 0.25) is 0 Å². The minimum Gasteiger partial charge on any atom is -0.379 e. The molecule has 21 heavy (non-hydrogen) atoms. The van der Waals surface area contributed by atoms with Crippen molar-refractivity contribution in [2.75, 3.05) is 30.9 Å². The second kappa shape index (κ2) is 6.54. The normalized spacial score (nSPS) is 18.2. The number of nitrogens with zero attached hydrogens (tertiary/aromatic N) is 2. The van der Waals surface area contributed by atoms with Crippen molar-refractivity contribution < 1.29 is 4.74 Å². The molecule has 1 aliphatic heterocycles. The zero-order chi connectivity index (χ0) is 14.5. The molecule has 2 aromatic rings. The van der Waals surface area contributed by atoms with Crippen LogP contribution in [0.1, 0.15) is 12.8 Å². The molecule has 0 aliphatic carbocycles. The van der Waals surface area contributed by atoms with Gasteiger partial charge >= 0.3 is 0 Å². The topological polar surface area (TPSA) is 59.1 Å². The number of anilines is 2. The van der Waals surface area contributed by atoms with Gasteiger partial charge < -0.3 is 15.4 Å². The molecule has 1 aliphatic rings. The molecule has 1 unspecified atom stereocenters. The van der Waals surface area contributed by atoms with Crippen molar-refractivity contribution >= 4 is 11.6 Å². The maximum Gasteiger partial charge on any atom is 0.163 e. The third-order valence-corrected chi connectivity index (χ3v) is 3.53. The van der Waals surface area contributed by atoms with Crippen molar-refractivity contribution in [3.63, 3.8) is 0 Å². The van der Waals surface area contributed by atoms with Gasteiger partial charge in [0.1, 0.15) is 11.6 Å². The fourth-order valence-corrected chi connectivity index (χ4v) is 2.43. The smallest absolute Gasteiger partial charge is 0.163 e. The Balaban J connectivity index is 1.86. The van der Waals surface area contributed by atoms with Crippen molar-refractivity contribution in [3.05, 3.63) is 36.4 Å². The van der Waals surface area contributed by atoms with Gasteiger partial charge in [-0.2, -0.15) is 0 Å². The third kappa shape index (κ3) is 3.49. The van der Waals surface area contributed by atoms with E-state index in [9.17, 15) is 0 Å². The molecular formula is C16H20N4O. The molecule has 5 heteroatoms. The molecule has 0 saturated carbocycles. The van der Waals surface area contributed by atoms with Gasteiger partial charge in [-0.1, -0.05) is 30.3 Å². The first-order chi connectivity index (χ1) is 10.3. The standard InChI is InChI=1S/C16H20N4O/c1-17-14-10-15(18-13-8-5-9-21-11-13)20-16(19-14)12-6-3-2-4-7-12/h2-4,6-7,10,13H,5,8-9,11H2,1H3,(H2,17,18,19,20). The molecule has 1 aromatic carbocycles. The molecule has 1 aromatic heterocycles. The van der Waals surface area contributed by atoms with Crippen LogP contribution in [0.5, 0.6) is 0 Å². The summed E-state index contributed by atoms with van der Waals surface area (Å²) in [5.41, 5.74) is 1.01. The van der Waals surface area contributed by atoms with Crippen molar-refractivity contribution in [1.82, 2.24) is 9.97 Å². The average molecular weight is 284 g/mol. The summed E-state index contributed by atoms with van der Waals surface area (Å²) in [5.74, 6) is 2.37. The molecule has 1 saturated heterocycles. The largest absolute Gasteiger partial charge is 0.379 e. The van der Waals surface area contributed by atoms with Gasteiger partial charge in [0.15, 0.2) is 5.82 Å². The first-order valence-electron chi connectivity index (χ1n) is 7.31. The average Bonchev–Trinajstić information content (AvgIpc) is 2.56. The molecule has 2 N–H and O–H groups in total. The molecule has 1 atom stereocenters. The molecule has 5 nitrogen and oxygen atoms in total. The highest BCUT2D eigenvalue weighted by molar-refractivity contribution is 5.61. The van der Waals surface area contributed by atoms with Crippen LogP contribution in [-0.4, -0.2) is 36.3 Å². The molecule has 0 bridgehead atoms. The van der Waals surface area contributed by atoms with Crippen molar-refractivity contribution in [2.24, 2.45) is 0 Å². The van der Waals surface area contributed by atoms with Gasteiger partial charge in [0, 0.05) is 25.3 Å². The zero-order valence-electron chi connectivity index (χ0n) is 12.2. The summed E-state index contributed by atoms with van der Waals surface area (Å²) >= 11 is 0. The van der Waals surface area contributed by atoms with Gasteiger partial charge in [0.05, 0.1) is 12.6 Å². The molecule has 3 rings (SSSR count). The summed E-state index contributed by atoms with van der Waals surface area (Å²) in [6, 6.07) is 12.3. The van der Waals surface area contributed by atoms with Crippen LogP contribution in [0.4, 0.5) is 11.6 Å². The number of hydrogen-bond donors (Lipinski definition) is 2. The van der Waals surface area contributed by atoms with E-state index in [4.69, 9.17) is 4.74 Å². The Morgan fingerprint density at radius 2 is 1.95 bits per heavy atom.